The Morgan fingerprint density at radius 3 is 2.87 bits per heavy atom. The van der Waals surface area contributed by atoms with Crippen LogP contribution < -0.4 is 10.5 Å². The van der Waals surface area contributed by atoms with Gasteiger partial charge in [-0.2, -0.15) is 0 Å². The fourth-order valence-electron chi connectivity index (χ4n) is 1.06. The van der Waals surface area contributed by atoms with Crippen molar-refractivity contribution in [2.24, 2.45) is 5.73 Å². The van der Waals surface area contributed by atoms with Crippen LogP contribution in [0.15, 0.2) is 18.2 Å². The topological polar surface area (TPSA) is 52.3 Å². The molecule has 0 bridgehead atoms. The zero-order valence-electron chi connectivity index (χ0n) is 8.00. The smallest absolute Gasteiger partial charge is 0.252 e. The SMILES string of the molecule is NC(=O)c1cc(F)ccc1OCCCCl. The summed E-state index contributed by atoms with van der Waals surface area (Å²) in [5, 5.41) is 0. The Hall–Kier alpha value is -1.29. The third-order valence-electron chi connectivity index (χ3n) is 1.74. The van der Waals surface area contributed by atoms with Crippen molar-refractivity contribution < 1.29 is 13.9 Å². The number of hydrogen-bond donors (Lipinski definition) is 1. The molecular formula is C10H11ClFNO2. The highest BCUT2D eigenvalue weighted by Gasteiger charge is 2.10. The number of carbonyl (C=O) groups excluding carboxylic acids is 1. The molecule has 1 aromatic carbocycles. The number of alkyl halides is 1. The van der Waals surface area contributed by atoms with E-state index in [-0.39, 0.29) is 11.3 Å². The fourth-order valence-corrected chi connectivity index (χ4v) is 1.17. The summed E-state index contributed by atoms with van der Waals surface area (Å²) in [7, 11) is 0. The van der Waals surface area contributed by atoms with E-state index in [1.54, 1.807) is 0 Å². The van der Waals surface area contributed by atoms with Gasteiger partial charge in [-0.05, 0) is 24.6 Å². The minimum absolute atomic E-state index is 0.0459. The van der Waals surface area contributed by atoms with Crippen molar-refractivity contribution in [3.63, 3.8) is 0 Å². The molecule has 0 aliphatic carbocycles. The lowest BCUT2D eigenvalue weighted by molar-refractivity contribution is 0.0996. The van der Waals surface area contributed by atoms with Crippen molar-refractivity contribution in [1.29, 1.82) is 0 Å². The van der Waals surface area contributed by atoms with E-state index in [0.29, 0.717) is 18.9 Å². The Morgan fingerprint density at radius 1 is 1.53 bits per heavy atom. The maximum absolute atomic E-state index is 12.8. The maximum atomic E-state index is 12.8. The number of amides is 1. The number of rotatable bonds is 5. The molecule has 0 aliphatic heterocycles. The Bertz CT molecular complexity index is 357. The Morgan fingerprint density at radius 2 is 2.27 bits per heavy atom. The molecule has 2 N–H and O–H groups in total. The molecule has 5 heteroatoms. The van der Waals surface area contributed by atoms with Crippen molar-refractivity contribution >= 4 is 17.5 Å². The van der Waals surface area contributed by atoms with Crippen LogP contribution in [0.4, 0.5) is 4.39 Å². The van der Waals surface area contributed by atoms with E-state index >= 15 is 0 Å². The number of benzene rings is 1. The molecule has 0 atom stereocenters. The van der Waals surface area contributed by atoms with Crippen LogP contribution in [-0.2, 0) is 0 Å². The largest absolute Gasteiger partial charge is 0.493 e. The van der Waals surface area contributed by atoms with Gasteiger partial charge in [0.25, 0.3) is 5.91 Å². The van der Waals surface area contributed by atoms with Gasteiger partial charge in [-0.1, -0.05) is 0 Å². The summed E-state index contributed by atoms with van der Waals surface area (Å²) in [6.45, 7) is 0.370. The molecule has 0 saturated heterocycles. The monoisotopic (exact) mass is 231 g/mol. The van der Waals surface area contributed by atoms with Gasteiger partial charge in [-0.3, -0.25) is 4.79 Å². The maximum Gasteiger partial charge on any atom is 0.252 e. The first kappa shape index (κ1) is 11.8. The summed E-state index contributed by atoms with van der Waals surface area (Å²) in [6, 6.07) is 3.64. The molecular weight excluding hydrogens is 221 g/mol. The minimum Gasteiger partial charge on any atom is -0.493 e. The quantitative estimate of drug-likeness (QED) is 0.622. The van der Waals surface area contributed by atoms with Crippen LogP contribution in [0, 0.1) is 5.82 Å². The molecule has 82 valence electrons. The molecule has 0 spiro atoms. The second kappa shape index (κ2) is 5.56. The van der Waals surface area contributed by atoms with Gasteiger partial charge >= 0.3 is 0 Å². The molecule has 3 nitrogen and oxygen atoms in total. The highest BCUT2D eigenvalue weighted by molar-refractivity contribution is 6.17. The van der Waals surface area contributed by atoms with Gasteiger partial charge < -0.3 is 10.5 Å². The molecule has 0 aromatic heterocycles. The first-order valence-electron chi connectivity index (χ1n) is 4.43. The van der Waals surface area contributed by atoms with Crippen LogP contribution >= 0.6 is 11.6 Å². The third-order valence-corrected chi connectivity index (χ3v) is 2.01. The van der Waals surface area contributed by atoms with Gasteiger partial charge in [0.15, 0.2) is 0 Å². The summed E-state index contributed by atoms with van der Waals surface area (Å²) < 4.78 is 18.1. The Balaban J connectivity index is 2.81. The van der Waals surface area contributed by atoms with Gasteiger partial charge in [0.05, 0.1) is 12.2 Å². The van der Waals surface area contributed by atoms with Crippen LogP contribution in [0.25, 0.3) is 0 Å². The predicted molar refractivity (Wildman–Crippen MR) is 55.7 cm³/mol. The Kier molecular flexibility index (Phi) is 4.37. The number of halogens is 2. The normalized spacial score (nSPS) is 10.0. The second-order valence-corrected chi connectivity index (χ2v) is 3.27. The molecule has 0 heterocycles. The van der Waals surface area contributed by atoms with Gasteiger partial charge in [-0.15, -0.1) is 11.6 Å². The number of primary amides is 1. The zero-order chi connectivity index (χ0) is 11.3. The van der Waals surface area contributed by atoms with Gasteiger partial charge in [0, 0.05) is 5.88 Å². The molecule has 1 rings (SSSR count). The highest BCUT2D eigenvalue weighted by Crippen LogP contribution is 2.19. The highest BCUT2D eigenvalue weighted by atomic mass is 35.5. The van der Waals surface area contributed by atoms with Crippen molar-refractivity contribution in [2.45, 2.75) is 6.42 Å². The van der Waals surface area contributed by atoms with E-state index in [0.717, 1.165) is 6.07 Å². The lowest BCUT2D eigenvalue weighted by atomic mass is 10.2. The average Bonchev–Trinajstić information content (AvgIpc) is 2.20. The van der Waals surface area contributed by atoms with E-state index in [1.165, 1.54) is 12.1 Å². The number of ether oxygens (including phenoxy) is 1. The third kappa shape index (κ3) is 3.40. The predicted octanol–water partition coefficient (Wildman–Crippen LogP) is 1.93. The van der Waals surface area contributed by atoms with E-state index in [9.17, 15) is 9.18 Å². The second-order valence-electron chi connectivity index (χ2n) is 2.90. The van der Waals surface area contributed by atoms with E-state index < -0.39 is 11.7 Å². The first-order chi connectivity index (χ1) is 7.15. The summed E-state index contributed by atoms with van der Waals surface area (Å²) in [5.74, 6) is -0.481. The Labute approximate surface area is 92.0 Å². The molecule has 1 aromatic rings. The minimum atomic E-state index is -0.713. The van der Waals surface area contributed by atoms with E-state index in [1.807, 2.05) is 0 Å². The summed E-state index contributed by atoms with van der Waals surface area (Å²) in [6.07, 6.45) is 0.650. The van der Waals surface area contributed by atoms with Gasteiger partial charge in [-0.25, -0.2) is 4.39 Å². The lowest BCUT2D eigenvalue weighted by Gasteiger charge is -2.08. The van der Waals surface area contributed by atoms with Gasteiger partial charge in [0.1, 0.15) is 11.6 Å². The number of hydrogen-bond acceptors (Lipinski definition) is 2. The number of carbonyl (C=O) groups is 1. The summed E-state index contributed by atoms with van der Waals surface area (Å²) in [4.78, 5) is 11.0. The standard InChI is InChI=1S/C10H11ClFNO2/c11-4-1-5-15-9-3-2-7(12)6-8(9)10(13)14/h2-3,6H,1,4-5H2,(H2,13,14). The van der Waals surface area contributed by atoms with Crippen LogP contribution in [-0.4, -0.2) is 18.4 Å². The molecule has 0 aliphatic rings. The van der Waals surface area contributed by atoms with Crippen molar-refractivity contribution in [1.82, 2.24) is 0 Å². The molecule has 0 radical (unpaired) electrons. The van der Waals surface area contributed by atoms with Crippen molar-refractivity contribution in [3.05, 3.63) is 29.6 Å². The van der Waals surface area contributed by atoms with Crippen molar-refractivity contribution in [3.8, 4) is 5.75 Å². The number of nitrogens with two attached hydrogens (primary N) is 1. The lowest BCUT2D eigenvalue weighted by Crippen LogP contribution is -2.13. The molecule has 0 saturated carbocycles. The summed E-state index contributed by atoms with van der Waals surface area (Å²) >= 11 is 5.46. The van der Waals surface area contributed by atoms with Crippen LogP contribution in [0.2, 0.25) is 0 Å². The van der Waals surface area contributed by atoms with Crippen LogP contribution in [0.3, 0.4) is 0 Å². The average molecular weight is 232 g/mol. The van der Waals surface area contributed by atoms with Gasteiger partial charge in [0.2, 0.25) is 0 Å². The van der Waals surface area contributed by atoms with E-state index in [2.05, 4.69) is 0 Å². The molecule has 0 unspecified atom stereocenters. The van der Waals surface area contributed by atoms with Crippen LogP contribution in [0.5, 0.6) is 5.75 Å². The van der Waals surface area contributed by atoms with E-state index in [4.69, 9.17) is 22.1 Å². The fraction of sp³-hybridized carbons (Fsp3) is 0.300. The summed E-state index contributed by atoms with van der Waals surface area (Å²) in [5.41, 5.74) is 5.12. The molecule has 0 fully saturated rings. The van der Waals surface area contributed by atoms with Crippen molar-refractivity contribution in [2.75, 3.05) is 12.5 Å². The first-order valence-corrected chi connectivity index (χ1v) is 4.96. The molecule has 15 heavy (non-hydrogen) atoms. The van der Waals surface area contributed by atoms with Crippen LogP contribution in [0.1, 0.15) is 16.8 Å². The molecule has 1 amide bonds. The zero-order valence-corrected chi connectivity index (χ0v) is 8.76.